The first-order valence-corrected chi connectivity index (χ1v) is 4.98. The minimum Gasteiger partial charge on any atom is -0.398 e. The van der Waals surface area contributed by atoms with Crippen LogP contribution in [0.1, 0.15) is 5.56 Å². The van der Waals surface area contributed by atoms with Crippen molar-refractivity contribution in [2.45, 2.75) is 11.8 Å². The molecule has 0 unspecified atom stereocenters. The summed E-state index contributed by atoms with van der Waals surface area (Å²) in [6.45, 7) is 2.05. The maximum absolute atomic E-state index is 5.77. The van der Waals surface area contributed by atoms with Crippen LogP contribution in [0.3, 0.4) is 0 Å². The highest BCUT2D eigenvalue weighted by Gasteiger charge is 2.04. The van der Waals surface area contributed by atoms with Gasteiger partial charge in [0, 0.05) is 20.4 Å². The van der Waals surface area contributed by atoms with E-state index >= 15 is 0 Å². The Morgan fingerprint density at radius 2 is 2.17 bits per heavy atom. The molecule has 2 N–H and O–H groups in total. The lowest BCUT2D eigenvalue weighted by atomic mass is 10.2. The highest BCUT2D eigenvalue weighted by Crippen LogP contribution is 2.34. The Morgan fingerprint density at radius 1 is 1.42 bits per heavy atom. The molecule has 0 bridgehead atoms. The standard InChI is InChI=1S/C9H9NS2/c1-5-2-3-6-7(10)4-12-9(6)8(5)11/h2-4,11H,10H2,1H3. The van der Waals surface area contributed by atoms with E-state index in [9.17, 15) is 0 Å². The zero-order valence-corrected chi connectivity index (χ0v) is 8.38. The smallest absolute Gasteiger partial charge is 0.0503 e. The molecule has 12 heavy (non-hydrogen) atoms. The minimum atomic E-state index is 0.852. The van der Waals surface area contributed by atoms with Crippen molar-refractivity contribution in [3.05, 3.63) is 23.1 Å². The topological polar surface area (TPSA) is 26.0 Å². The van der Waals surface area contributed by atoms with Crippen molar-refractivity contribution in [3.63, 3.8) is 0 Å². The zero-order chi connectivity index (χ0) is 8.72. The second-order valence-corrected chi connectivity index (χ2v) is 4.13. The van der Waals surface area contributed by atoms with Crippen molar-refractivity contribution < 1.29 is 0 Å². The molecule has 0 aliphatic carbocycles. The fourth-order valence-electron chi connectivity index (χ4n) is 1.20. The molecule has 0 aliphatic heterocycles. The van der Waals surface area contributed by atoms with Gasteiger partial charge in [0.1, 0.15) is 0 Å². The molecule has 1 heterocycles. The maximum atomic E-state index is 5.77. The van der Waals surface area contributed by atoms with Gasteiger partial charge in [0.2, 0.25) is 0 Å². The fourth-order valence-corrected chi connectivity index (χ4v) is 2.51. The van der Waals surface area contributed by atoms with Crippen LogP contribution < -0.4 is 5.73 Å². The maximum Gasteiger partial charge on any atom is 0.0503 e. The van der Waals surface area contributed by atoms with Crippen LogP contribution in [0.5, 0.6) is 0 Å². The summed E-state index contributed by atoms with van der Waals surface area (Å²) in [5.74, 6) is 0. The van der Waals surface area contributed by atoms with Gasteiger partial charge in [-0.1, -0.05) is 12.1 Å². The number of rotatable bonds is 0. The first-order chi connectivity index (χ1) is 5.70. The number of hydrogen-bond donors (Lipinski definition) is 2. The molecule has 0 fully saturated rings. The normalized spacial score (nSPS) is 10.8. The quantitative estimate of drug-likeness (QED) is 0.621. The monoisotopic (exact) mass is 195 g/mol. The third-order valence-electron chi connectivity index (χ3n) is 1.95. The van der Waals surface area contributed by atoms with Crippen LogP contribution in [-0.2, 0) is 0 Å². The molecular formula is C9H9NS2. The van der Waals surface area contributed by atoms with Gasteiger partial charge in [-0.05, 0) is 12.5 Å². The van der Waals surface area contributed by atoms with E-state index in [1.807, 2.05) is 11.4 Å². The third-order valence-corrected chi connectivity index (χ3v) is 3.71. The molecule has 0 spiro atoms. The van der Waals surface area contributed by atoms with Crippen LogP contribution in [0.25, 0.3) is 10.1 Å². The van der Waals surface area contributed by atoms with E-state index in [1.165, 1.54) is 10.3 Å². The Morgan fingerprint density at radius 3 is 2.92 bits per heavy atom. The zero-order valence-electron chi connectivity index (χ0n) is 6.66. The van der Waals surface area contributed by atoms with E-state index in [0.717, 1.165) is 16.0 Å². The number of nitrogens with two attached hydrogens (primary N) is 1. The number of aryl methyl sites for hydroxylation is 1. The molecule has 2 rings (SSSR count). The Bertz CT molecular complexity index is 431. The van der Waals surface area contributed by atoms with E-state index in [4.69, 9.17) is 5.73 Å². The minimum absolute atomic E-state index is 0.852. The lowest BCUT2D eigenvalue weighted by Gasteiger charge is -1.99. The summed E-state index contributed by atoms with van der Waals surface area (Å²) in [6.07, 6.45) is 0. The Hall–Kier alpha value is -0.670. The van der Waals surface area contributed by atoms with Crippen molar-refractivity contribution in [2.75, 3.05) is 5.73 Å². The number of thiol groups is 1. The number of fused-ring (bicyclic) bond motifs is 1. The highest BCUT2D eigenvalue weighted by atomic mass is 32.1. The molecule has 0 amide bonds. The number of benzene rings is 1. The van der Waals surface area contributed by atoms with E-state index in [-0.39, 0.29) is 0 Å². The van der Waals surface area contributed by atoms with Crippen molar-refractivity contribution in [3.8, 4) is 0 Å². The fraction of sp³-hybridized carbons (Fsp3) is 0.111. The van der Waals surface area contributed by atoms with Crippen LogP contribution >= 0.6 is 24.0 Å². The summed E-state index contributed by atoms with van der Waals surface area (Å²) >= 11 is 6.09. The molecule has 0 saturated carbocycles. The van der Waals surface area contributed by atoms with Crippen molar-refractivity contribution >= 4 is 39.7 Å². The van der Waals surface area contributed by atoms with Crippen molar-refractivity contribution in [2.24, 2.45) is 0 Å². The predicted octanol–water partition coefficient (Wildman–Crippen LogP) is 3.08. The van der Waals surface area contributed by atoms with Gasteiger partial charge in [-0.15, -0.1) is 24.0 Å². The van der Waals surface area contributed by atoms with Crippen molar-refractivity contribution in [1.29, 1.82) is 0 Å². The van der Waals surface area contributed by atoms with E-state index in [1.54, 1.807) is 11.3 Å². The predicted molar refractivity (Wildman–Crippen MR) is 58.2 cm³/mol. The summed E-state index contributed by atoms with van der Waals surface area (Å²) in [7, 11) is 0. The lowest BCUT2D eigenvalue weighted by molar-refractivity contribution is 1.37. The molecule has 1 nitrogen and oxygen atoms in total. The Labute approximate surface area is 80.6 Å². The summed E-state index contributed by atoms with van der Waals surface area (Å²) in [4.78, 5) is 1.05. The molecule has 1 aromatic heterocycles. The molecule has 1 aromatic carbocycles. The van der Waals surface area contributed by atoms with E-state index < -0.39 is 0 Å². The Balaban J connectivity index is 2.93. The van der Waals surface area contributed by atoms with Gasteiger partial charge in [0.15, 0.2) is 0 Å². The summed E-state index contributed by atoms with van der Waals surface area (Å²) < 4.78 is 1.19. The van der Waals surface area contributed by atoms with Gasteiger partial charge in [-0.2, -0.15) is 0 Å². The Kier molecular flexibility index (Phi) is 1.77. The van der Waals surface area contributed by atoms with Gasteiger partial charge in [-0.25, -0.2) is 0 Å². The SMILES string of the molecule is Cc1ccc2c(N)csc2c1S. The first kappa shape index (κ1) is 7.95. The number of thiophene rings is 1. The second-order valence-electron chi connectivity index (χ2n) is 2.80. The average Bonchev–Trinajstić information content (AvgIpc) is 2.41. The van der Waals surface area contributed by atoms with Gasteiger partial charge in [0.25, 0.3) is 0 Å². The van der Waals surface area contributed by atoms with Gasteiger partial charge in [0.05, 0.1) is 5.69 Å². The van der Waals surface area contributed by atoms with Crippen LogP contribution in [-0.4, -0.2) is 0 Å². The number of anilines is 1. The second kappa shape index (κ2) is 2.68. The molecule has 0 aliphatic rings. The molecular weight excluding hydrogens is 186 g/mol. The van der Waals surface area contributed by atoms with Gasteiger partial charge < -0.3 is 5.73 Å². The summed E-state index contributed by atoms with van der Waals surface area (Å²) in [6, 6.07) is 4.10. The van der Waals surface area contributed by atoms with Crippen molar-refractivity contribution in [1.82, 2.24) is 0 Å². The molecule has 0 radical (unpaired) electrons. The lowest BCUT2D eigenvalue weighted by Crippen LogP contribution is -1.81. The van der Waals surface area contributed by atoms with Crippen LogP contribution in [0.2, 0.25) is 0 Å². The average molecular weight is 195 g/mol. The molecule has 0 atom stereocenters. The van der Waals surface area contributed by atoms with Crippen LogP contribution in [0, 0.1) is 6.92 Å². The summed E-state index contributed by atoms with van der Waals surface area (Å²) in [5, 5.41) is 3.08. The largest absolute Gasteiger partial charge is 0.398 e. The molecule has 0 saturated heterocycles. The number of nitrogen functional groups attached to an aromatic ring is 1. The van der Waals surface area contributed by atoms with Gasteiger partial charge in [-0.3, -0.25) is 0 Å². The van der Waals surface area contributed by atoms with Crippen LogP contribution in [0.4, 0.5) is 5.69 Å². The number of hydrogen-bond acceptors (Lipinski definition) is 3. The molecule has 2 aromatic rings. The van der Waals surface area contributed by atoms with Gasteiger partial charge >= 0.3 is 0 Å². The molecule has 3 heteroatoms. The third kappa shape index (κ3) is 1.01. The highest BCUT2D eigenvalue weighted by molar-refractivity contribution is 7.80. The van der Waals surface area contributed by atoms with E-state index in [0.29, 0.717) is 0 Å². The van der Waals surface area contributed by atoms with E-state index in [2.05, 4.69) is 25.6 Å². The molecule has 62 valence electrons. The summed E-state index contributed by atoms with van der Waals surface area (Å²) in [5.41, 5.74) is 7.83. The first-order valence-electron chi connectivity index (χ1n) is 3.65. The van der Waals surface area contributed by atoms with Crippen LogP contribution in [0.15, 0.2) is 22.4 Å².